The van der Waals surface area contributed by atoms with Crippen molar-refractivity contribution in [3.05, 3.63) is 100 Å². The molecule has 0 radical (unpaired) electrons. The molecular weight excluding hydrogens is 453 g/mol. The average molecular weight is 488 g/mol. The van der Waals surface area contributed by atoms with E-state index < -0.39 is 16.8 Å². The lowest BCUT2D eigenvalue weighted by Gasteiger charge is -2.27. The van der Waals surface area contributed by atoms with Crippen LogP contribution in [0.2, 0.25) is 0 Å². The van der Waals surface area contributed by atoms with Crippen LogP contribution in [0.4, 0.5) is 10.1 Å². The lowest BCUT2D eigenvalue weighted by atomic mass is 9.75. The van der Waals surface area contributed by atoms with Crippen LogP contribution in [0.25, 0.3) is 0 Å². The number of halogens is 1. The molecule has 36 heavy (non-hydrogen) atoms. The second-order valence-electron chi connectivity index (χ2n) is 9.82. The van der Waals surface area contributed by atoms with Gasteiger partial charge < -0.3 is 9.64 Å². The Balaban J connectivity index is 0.00000148. The number of fused-ring (bicyclic) bond motifs is 2. The number of aryl methyl sites for hydroxylation is 1. The topological polar surface area (TPSA) is 46.6 Å². The molecule has 188 valence electrons. The molecular formula is C31H34FNO3. The van der Waals surface area contributed by atoms with Crippen LogP contribution in [-0.4, -0.2) is 19.0 Å². The quantitative estimate of drug-likeness (QED) is 0.375. The highest BCUT2D eigenvalue weighted by molar-refractivity contribution is 6.12. The summed E-state index contributed by atoms with van der Waals surface area (Å²) in [6.07, 6.45) is 0.648. The van der Waals surface area contributed by atoms with Crippen molar-refractivity contribution >= 4 is 17.6 Å². The summed E-state index contributed by atoms with van der Waals surface area (Å²) < 4.78 is 19.4. The first-order chi connectivity index (χ1) is 17.2. The summed E-state index contributed by atoms with van der Waals surface area (Å²) >= 11 is 0. The number of rotatable bonds is 5. The summed E-state index contributed by atoms with van der Waals surface area (Å²) in [6.45, 7) is 10.6. The maximum Gasteiger partial charge on any atom is 0.337 e. The number of amides is 1. The zero-order valence-electron chi connectivity index (χ0n) is 21.9. The van der Waals surface area contributed by atoms with E-state index in [0.717, 1.165) is 27.9 Å². The summed E-state index contributed by atoms with van der Waals surface area (Å²) in [7, 11) is 1.34. The van der Waals surface area contributed by atoms with Crippen molar-refractivity contribution in [2.75, 3.05) is 12.0 Å². The standard InChI is InChI=1S/C29H28FNO3.C2H6/c1-18(2)28(22-10-8-19(3)9-11-22)17-29(28)24-15-23(30)12-13-25(24)31(27(29)33)16-20-6-5-7-21(14-20)26(32)34-4;1-2/h5-15,18H,16-17H2,1-4H3;1-2H3/t28-,29-;/m0./s1. The normalized spacial score (nSPS) is 21.8. The third-order valence-corrected chi connectivity index (χ3v) is 7.74. The molecule has 4 nitrogen and oxygen atoms in total. The molecule has 1 heterocycles. The highest BCUT2D eigenvalue weighted by atomic mass is 19.1. The summed E-state index contributed by atoms with van der Waals surface area (Å²) in [5.74, 6) is -0.591. The summed E-state index contributed by atoms with van der Waals surface area (Å²) in [5.41, 5.74) is 3.83. The third-order valence-electron chi connectivity index (χ3n) is 7.74. The second kappa shape index (κ2) is 9.53. The molecule has 1 spiro atoms. The number of methoxy groups -OCH3 is 1. The van der Waals surface area contributed by atoms with Crippen LogP contribution < -0.4 is 4.90 Å². The van der Waals surface area contributed by atoms with E-state index in [4.69, 9.17) is 4.74 Å². The molecule has 5 heteroatoms. The maximum absolute atomic E-state index is 14.5. The highest BCUT2D eigenvalue weighted by Crippen LogP contribution is 2.73. The molecule has 1 amide bonds. The van der Waals surface area contributed by atoms with Gasteiger partial charge in [-0.1, -0.05) is 69.7 Å². The van der Waals surface area contributed by atoms with Gasteiger partial charge in [0.25, 0.3) is 0 Å². The Labute approximate surface area is 213 Å². The van der Waals surface area contributed by atoms with Crippen molar-refractivity contribution in [3.63, 3.8) is 0 Å². The van der Waals surface area contributed by atoms with Crippen molar-refractivity contribution < 1.29 is 18.7 Å². The number of hydrogen-bond acceptors (Lipinski definition) is 3. The van der Waals surface area contributed by atoms with Crippen molar-refractivity contribution in [2.45, 2.75) is 58.4 Å². The van der Waals surface area contributed by atoms with E-state index in [2.05, 4.69) is 38.1 Å². The van der Waals surface area contributed by atoms with Crippen LogP contribution in [0, 0.1) is 18.7 Å². The van der Waals surface area contributed by atoms with E-state index in [-0.39, 0.29) is 17.6 Å². The van der Waals surface area contributed by atoms with Gasteiger partial charge in [-0.05, 0) is 66.3 Å². The zero-order valence-corrected chi connectivity index (χ0v) is 21.9. The van der Waals surface area contributed by atoms with Gasteiger partial charge in [0.15, 0.2) is 0 Å². The van der Waals surface area contributed by atoms with E-state index in [1.54, 1.807) is 29.2 Å². The van der Waals surface area contributed by atoms with Crippen LogP contribution in [0.5, 0.6) is 0 Å². The first-order valence-electron chi connectivity index (χ1n) is 12.6. The monoisotopic (exact) mass is 487 g/mol. The van der Waals surface area contributed by atoms with Crippen molar-refractivity contribution in [3.8, 4) is 0 Å². The number of nitrogens with zero attached hydrogens (tertiary/aromatic N) is 1. The molecule has 0 N–H and O–H groups in total. The molecule has 0 bridgehead atoms. The SMILES string of the molecule is CC.COC(=O)c1cccc(CN2C(=O)[C@]3(C[C@@]3(c3ccc(C)cc3)C(C)C)c3cc(F)ccc32)c1. The van der Waals surface area contributed by atoms with Crippen LogP contribution in [0.1, 0.15) is 66.7 Å². The number of hydrogen-bond donors (Lipinski definition) is 0. The van der Waals surface area contributed by atoms with Gasteiger partial charge in [-0.25, -0.2) is 9.18 Å². The van der Waals surface area contributed by atoms with Gasteiger partial charge in [0.2, 0.25) is 5.91 Å². The van der Waals surface area contributed by atoms with Crippen LogP contribution in [-0.2, 0) is 26.9 Å². The Morgan fingerprint density at radius 2 is 1.75 bits per heavy atom. The Morgan fingerprint density at radius 3 is 2.39 bits per heavy atom. The third kappa shape index (κ3) is 3.73. The minimum absolute atomic E-state index is 0.00848. The Morgan fingerprint density at radius 1 is 1.06 bits per heavy atom. The molecule has 2 aliphatic rings. The first-order valence-corrected chi connectivity index (χ1v) is 12.6. The molecule has 5 rings (SSSR count). The smallest absolute Gasteiger partial charge is 0.337 e. The lowest BCUT2D eigenvalue weighted by Crippen LogP contribution is -2.38. The minimum atomic E-state index is -0.798. The number of carbonyl (C=O) groups excluding carboxylic acids is 2. The molecule has 2 atom stereocenters. The molecule has 1 fully saturated rings. The van der Waals surface area contributed by atoms with Crippen LogP contribution in [0.15, 0.2) is 66.7 Å². The predicted octanol–water partition coefficient (Wildman–Crippen LogP) is 6.73. The number of ether oxygens (including phenoxy) is 1. The van der Waals surface area contributed by atoms with E-state index in [1.807, 2.05) is 26.8 Å². The van der Waals surface area contributed by atoms with Gasteiger partial charge in [-0.2, -0.15) is 0 Å². The number of benzene rings is 3. The van der Waals surface area contributed by atoms with E-state index >= 15 is 0 Å². The Hall–Kier alpha value is -3.47. The van der Waals surface area contributed by atoms with Crippen molar-refractivity contribution in [1.29, 1.82) is 0 Å². The molecule has 1 saturated carbocycles. The maximum atomic E-state index is 14.5. The minimum Gasteiger partial charge on any atom is -0.465 e. The largest absolute Gasteiger partial charge is 0.465 e. The van der Waals surface area contributed by atoms with E-state index in [1.165, 1.54) is 19.2 Å². The fourth-order valence-corrected chi connectivity index (χ4v) is 6.00. The number of anilines is 1. The summed E-state index contributed by atoms with van der Waals surface area (Å²) in [6, 6.07) is 20.1. The average Bonchev–Trinajstić information content (AvgIpc) is 3.56. The van der Waals surface area contributed by atoms with Gasteiger partial charge in [-0.15, -0.1) is 0 Å². The van der Waals surface area contributed by atoms with Gasteiger partial charge >= 0.3 is 5.97 Å². The highest BCUT2D eigenvalue weighted by Gasteiger charge is 2.77. The van der Waals surface area contributed by atoms with E-state index in [0.29, 0.717) is 18.5 Å². The zero-order chi connectivity index (χ0) is 26.3. The first kappa shape index (κ1) is 25.6. The van der Waals surface area contributed by atoms with Crippen molar-refractivity contribution in [2.24, 2.45) is 5.92 Å². The second-order valence-corrected chi connectivity index (χ2v) is 9.82. The van der Waals surface area contributed by atoms with Gasteiger partial charge in [0.1, 0.15) is 5.82 Å². The molecule has 3 aromatic carbocycles. The molecule has 1 aliphatic carbocycles. The lowest BCUT2D eigenvalue weighted by molar-refractivity contribution is -0.121. The Kier molecular flexibility index (Phi) is 6.78. The number of carbonyl (C=O) groups is 2. The van der Waals surface area contributed by atoms with Gasteiger partial charge in [0, 0.05) is 11.1 Å². The van der Waals surface area contributed by atoms with Crippen LogP contribution >= 0.6 is 0 Å². The predicted molar refractivity (Wildman–Crippen MR) is 141 cm³/mol. The molecule has 0 unspecified atom stereocenters. The van der Waals surface area contributed by atoms with Gasteiger partial charge in [-0.3, -0.25) is 4.79 Å². The molecule has 1 aliphatic heterocycles. The Bertz CT molecular complexity index is 1300. The van der Waals surface area contributed by atoms with E-state index in [9.17, 15) is 14.0 Å². The van der Waals surface area contributed by atoms with Crippen molar-refractivity contribution in [1.82, 2.24) is 0 Å². The van der Waals surface area contributed by atoms with Gasteiger partial charge in [0.05, 0.1) is 24.6 Å². The molecule has 3 aromatic rings. The number of esters is 1. The molecule has 0 aromatic heterocycles. The fraction of sp³-hybridized carbons (Fsp3) is 0.355. The summed E-state index contributed by atoms with van der Waals surface area (Å²) in [4.78, 5) is 28.0. The fourth-order valence-electron chi connectivity index (χ4n) is 6.00. The molecule has 0 saturated heterocycles. The summed E-state index contributed by atoms with van der Waals surface area (Å²) in [5, 5.41) is 0. The van der Waals surface area contributed by atoms with Crippen LogP contribution in [0.3, 0.4) is 0 Å².